The lowest BCUT2D eigenvalue weighted by Gasteiger charge is -2.31. The first-order chi connectivity index (χ1) is 13.8. The topological polar surface area (TPSA) is 37.4 Å². The molecule has 1 aliphatic heterocycles. The summed E-state index contributed by atoms with van der Waals surface area (Å²) in [6.45, 7) is 4.67. The molecule has 0 N–H and O–H groups in total. The van der Waals surface area contributed by atoms with Gasteiger partial charge in [0.1, 0.15) is 6.29 Å². The highest BCUT2D eigenvalue weighted by molar-refractivity contribution is 5.76. The number of nitrogens with zero attached hydrogens (tertiary/aromatic N) is 1. The van der Waals surface area contributed by atoms with Crippen LogP contribution in [-0.4, -0.2) is 29.7 Å². The Bertz CT molecular complexity index is 407. The molecule has 0 aromatic carbocycles. The minimum Gasteiger partial charge on any atom is -0.340 e. The van der Waals surface area contributed by atoms with Crippen LogP contribution in [0.5, 0.6) is 0 Å². The van der Waals surface area contributed by atoms with Crippen LogP contribution in [0.3, 0.4) is 0 Å². The van der Waals surface area contributed by atoms with Crippen molar-refractivity contribution in [2.45, 2.75) is 128 Å². The Morgan fingerprint density at radius 2 is 1.39 bits per heavy atom. The average Bonchev–Trinajstić information content (AvgIpc) is 2.92. The Hall–Kier alpha value is -1.12. The highest BCUT2D eigenvalue weighted by atomic mass is 16.2. The fourth-order valence-electron chi connectivity index (χ4n) is 4.37. The van der Waals surface area contributed by atoms with Crippen LogP contribution in [0.15, 0.2) is 12.7 Å². The minimum absolute atomic E-state index is 0.289. The fourth-order valence-corrected chi connectivity index (χ4v) is 4.37. The number of hydrogen-bond donors (Lipinski definition) is 0. The number of amides is 1. The molecule has 1 fully saturated rings. The van der Waals surface area contributed by atoms with E-state index in [9.17, 15) is 9.59 Å². The van der Waals surface area contributed by atoms with Gasteiger partial charge in [0.15, 0.2) is 0 Å². The quantitative estimate of drug-likeness (QED) is 0.143. The summed E-state index contributed by atoms with van der Waals surface area (Å²) in [5.41, 5.74) is 0. The molecule has 1 saturated heterocycles. The van der Waals surface area contributed by atoms with Gasteiger partial charge in [-0.1, -0.05) is 76.7 Å². The molecule has 1 rings (SSSR count). The van der Waals surface area contributed by atoms with Gasteiger partial charge in [0.2, 0.25) is 5.91 Å². The molecule has 1 heterocycles. The van der Waals surface area contributed by atoms with Crippen LogP contribution < -0.4 is 0 Å². The molecule has 0 spiro atoms. The van der Waals surface area contributed by atoms with Gasteiger partial charge in [0.25, 0.3) is 0 Å². The molecule has 1 amide bonds. The normalized spacial score (nSPS) is 16.0. The number of aldehydes is 1. The summed E-state index contributed by atoms with van der Waals surface area (Å²) in [5.74, 6) is 0.317. The summed E-state index contributed by atoms with van der Waals surface area (Å²) in [5, 5.41) is 0. The molecule has 0 radical (unpaired) electrons. The van der Waals surface area contributed by atoms with Gasteiger partial charge in [-0.15, -0.1) is 6.58 Å². The Balaban J connectivity index is 2.06. The van der Waals surface area contributed by atoms with Crippen LogP contribution >= 0.6 is 0 Å². The fraction of sp³-hybridized carbons (Fsp3) is 0.840. The molecule has 1 atom stereocenters. The highest BCUT2D eigenvalue weighted by Gasteiger charge is 2.24. The summed E-state index contributed by atoms with van der Waals surface area (Å²) in [6.07, 6.45) is 25.4. The van der Waals surface area contributed by atoms with Gasteiger partial charge < -0.3 is 9.69 Å². The predicted molar refractivity (Wildman–Crippen MR) is 119 cm³/mol. The summed E-state index contributed by atoms with van der Waals surface area (Å²) in [4.78, 5) is 25.3. The van der Waals surface area contributed by atoms with Crippen LogP contribution in [-0.2, 0) is 9.59 Å². The maximum atomic E-state index is 12.4. The molecule has 1 aliphatic rings. The van der Waals surface area contributed by atoms with Crippen molar-refractivity contribution in [3.05, 3.63) is 12.7 Å². The molecule has 28 heavy (non-hydrogen) atoms. The van der Waals surface area contributed by atoms with Gasteiger partial charge in [-0.2, -0.15) is 0 Å². The van der Waals surface area contributed by atoms with Gasteiger partial charge in [0.05, 0.1) is 0 Å². The number of carbonyl (C=O) groups excluding carboxylic acids is 2. The Kier molecular flexibility index (Phi) is 16.0. The summed E-state index contributed by atoms with van der Waals surface area (Å²) < 4.78 is 0. The summed E-state index contributed by atoms with van der Waals surface area (Å²) >= 11 is 0. The molecule has 0 aliphatic carbocycles. The molecule has 3 nitrogen and oxygen atoms in total. The summed E-state index contributed by atoms with van der Waals surface area (Å²) in [6, 6.07) is 0.289. The number of allylic oxidation sites excluding steroid dienone is 1. The number of hydrogen-bond acceptors (Lipinski definition) is 2. The lowest BCUT2D eigenvalue weighted by molar-refractivity contribution is -0.133. The molecule has 0 bridgehead atoms. The van der Waals surface area contributed by atoms with Crippen molar-refractivity contribution >= 4 is 12.2 Å². The van der Waals surface area contributed by atoms with E-state index in [1.165, 1.54) is 77.0 Å². The first kappa shape index (κ1) is 24.9. The van der Waals surface area contributed by atoms with E-state index < -0.39 is 0 Å². The highest BCUT2D eigenvalue weighted by Crippen LogP contribution is 2.21. The van der Waals surface area contributed by atoms with Crippen molar-refractivity contribution in [3.8, 4) is 0 Å². The van der Waals surface area contributed by atoms with Crippen molar-refractivity contribution in [2.75, 3.05) is 6.54 Å². The number of carbonyl (C=O) groups is 2. The van der Waals surface area contributed by atoms with Crippen LogP contribution in [0.4, 0.5) is 0 Å². The predicted octanol–water partition coefficient (Wildman–Crippen LogP) is 6.99. The van der Waals surface area contributed by atoms with Crippen LogP contribution in [0, 0.1) is 0 Å². The third-order valence-electron chi connectivity index (χ3n) is 6.11. The van der Waals surface area contributed by atoms with Crippen molar-refractivity contribution < 1.29 is 9.59 Å². The van der Waals surface area contributed by atoms with Gasteiger partial charge in [-0.25, -0.2) is 0 Å². The number of unbranched alkanes of at least 4 members (excludes halogenated alkanes) is 11. The van der Waals surface area contributed by atoms with Gasteiger partial charge in [-0.3, -0.25) is 4.79 Å². The monoisotopic (exact) mass is 391 g/mol. The average molecular weight is 392 g/mol. The second-order valence-corrected chi connectivity index (χ2v) is 8.55. The largest absolute Gasteiger partial charge is 0.340 e. The van der Waals surface area contributed by atoms with Gasteiger partial charge in [0, 0.05) is 25.4 Å². The van der Waals surface area contributed by atoms with Crippen LogP contribution in [0.2, 0.25) is 0 Å². The minimum atomic E-state index is 0.289. The smallest absolute Gasteiger partial charge is 0.222 e. The van der Waals surface area contributed by atoms with Crippen LogP contribution in [0.25, 0.3) is 0 Å². The van der Waals surface area contributed by atoms with E-state index in [2.05, 4.69) is 11.5 Å². The van der Waals surface area contributed by atoms with Crippen molar-refractivity contribution in [3.63, 3.8) is 0 Å². The Morgan fingerprint density at radius 1 is 0.786 bits per heavy atom. The molecule has 1 unspecified atom stereocenters. The third-order valence-corrected chi connectivity index (χ3v) is 6.11. The zero-order chi connectivity index (χ0) is 20.3. The van der Waals surface area contributed by atoms with E-state index in [0.717, 1.165) is 44.9 Å². The standard InChI is InChI=1S/C25H45NO2/c1-2-3-4-5-6-7-8-9-10-11-12-13-15-19-24(20-18-23-27)26-22-17-14-16-21-25(26)28/h2,23-24H,1,3-22H2. The van der Waals surface area contributed by atoms with Crippen molar-refractivity contribution in [1.82, 2.24) is 4.90 Å². The molecule has 0 saturated carbocycles. The van der Waals surface area contributed by atoms with Crippen LogP contribution in [0.1, 0.15) is 122 Å². The molecule has 3 heteroatoms. The van der Waals surface area contributed by atoms with E-state index in [0.29, 0.717) is 18.7 Å². The lowest BCUT2D eigenvalue weighted by Crippen LogP contribution is -2.40. The van der Waals surface area contributed by atoms with E-state index >= 15 is 0 Å². The third kappa shape index (κ3) is 12.4. The summed E-state index contributed by atoms with van der Waals surface area (Å²) in [7, 11) is 0. The molecular formula is C25H45NO2. The molecule has 0 aromatic rings. The number of rotatable bonds is 18. The van der Waals surface area contributed by atoms with E-state index in [-0.39, 0.29) is 6.04 Å². The van der Waals surface area contributed by atoms with E-state index in [1.807, 2.05) is 6.08 Å². The Morgan fingerprint density at radius 3 is 2.00 bits per heavy atom. The molecule has 162 valence electrons. The zero-order valence-corrected chi connectivity index (χ0v) is 18.3. The Labute approximate surface area is 174 Å². The maximum Gasteiger partial charge on any atom is 0.222 e. The maximum absolute atomic E-state index is 12.4. The second kappa shape index (κ2) is 17.9. The van der Waals surface area contributed by atoms with Gasteiger partial charge >= 0.3 is 0 Å². The van der Waals surface area contributed by atoms with Crippen molar-refractivity contribution in [2.24, 2.45) is 0 Å². The second-order valence-electron chi connectivity index (χ2n) is 8.55. The van der Waals surface area contributed by atoms with Gasteiger partial charge in [-0.05, 0) is 38.5 Å². The number of likely N-dealkylation sites (tertiary alicyclic amines) is 1. The van der Waals surface area contributed by atoms with Crippen molar-refractivity contribution in [1.29, 1.82) is 0 Å². The van der Waals surface area contributed by atoms with E-state index in [1.54, 1.807) is 0 Å². The first-order valence-corrected chi connectivity index (χ1v) is 12.1. The SMILES string of the molecule is C=CCCCCCCCCCCCCCC(CCC=O)N1CCCCCC1=O. The molecule has 0 aromatic heterocycles. The molecular weight excluding hydrogens is 346 g/mol. The first-order valence-electron chi connectivity index (χ1n) is 12.1. The lowest BCUT2D eigenvalue weighted by atomic mass is 10.00. The zero-order valence-electron chi connectivity index (χ0n) is 18.3. The van der Waals surface area contributed by atoms with E-state index in [4.69, 9.17) is 0 Å².